The Labute approximate surface area is 78.4 Å². The molecule has 1 N–H and O–H groups in total. The van der Waals surface area contributed by atoms with Crippen LogP contribution in [0.2, 0.25) is 0 Å². The molecular weight excluding hydrogens is 164 g/mol. The van der Waals surface area contributed by atoms with Crippen molar-refractivity contribution in [3.63, 3.8) is 0 Å². The van der Waals surface area contributed by atoms with Gasteiger partial charge >= 0.3 is 0 Å². The van der Waals surface area contributed by atoms with E-state index in [1.54, 1.807) is 6.33 Å². The van der Waals surface area contributed by atoms with Crippen LogP contribution in [0, 0.1) is 0 Å². The van der Waals surface area contributed by atoms with E-state index in [2.05, 4.69) is 15.4 Å². The molecule has 4 nitrogen and oxygen atoms in total. The van der Waals surface area contributed by atoms with Crippen molar-refractivity contribution in [1.29, 1.82) is 0 Å². The van der Waals surface area contributed by atoms with Crippen LogP contribution in [0.25, 0.3) is 0 Å². The summed E-state index contributed by atoms with van der Waals surface area (Å²) in [6, 6.07) is 1.28. The molecule has 0 aliphatic heterocycles. The van der Waals surface area contributed by atoms with Gasteiger partial charge in [0, 0.05) is 6.04 Å². The molecule has 0 saturated heterocycles. The van der Waals surface area contributed by atoms with E-state index >= 15 is 0 Å². The fourth-order valence-electron chi connectivity index (χ4n) is 2.03. The Hall–Kier alpha value is -0.900. The van der Waals surface area contributed by atoms with Gasteiger partial charge in [-0.15, -0.1) is 0 Å². The zero-order valence-electron chi connectivity index (χ0n) is 7.98. The minimum atomic E-state index is 0.576. The molecule has 72 valence electrons. The lowest BCUT2D eigenvalue weighted by Crippen LogP contribution is -2.31. The van der Waals surface area contributed by atoms with E-state index in [0.717, 1.165) is 0 Å². The highest BCUT2D eigenvalue weighted by molar-refractivity contribution is 4.79. The number of hydrogen-bond donors (Lipinski definition) is 1. The number of aromatic nitrogens is 3. The van der Waals surface area contributed by atoms with Crippen molar-refractivity contribution in [2.45, 2.75) is 37.8 Å². The smallest absolute Gasteiger partial charge is 0.137 e. The van der Waals surface area contributed by atoms with Crippen molar-refractivity contribution in [2.24, 2.45) is 0 Å². The second kappa shape index (κ2) is 3.87. The third kappa shape index (κ3) is 1.88. The van der Waals surface area contributed by atoms with Gasteiger partial charge in [-0.25, -0.2) is 9.67 Å². The van der Waals surface area contributed by atoms with Crippen LogP contribution in [-0.2, 0) is 0 Å². The second-order valence-corrected chi connectivity index (χ2v) is 3.67. The van der Waals surface area contributed by atoms with E-state index in [-0.39, 0.29) is 0 Å². The summed E-state index contributed by atoms with van der Waals surface area (Å²) in [6.45, 7) is 0. The first kappa shape index (κ1) is 8.69. The fourth-order valence-corrected chi connectivity index (χ4v) is 2.03. The van der Waals surface area contributed by atoms with Gasteiger partial charge in [0.1, 0.15) is 12.7 Å². The number of rotatable bonds is 2. The van der Waals surface area contributed by atoms with Gasteiger partial charge in [0.25, 0.3) is 0 Å². The molecule has 0 amide bonds. The largest absolute Gasteiger partial charge is 0.317 e. The number of nitrogens with zero attached hydrogens (tertiary/aromatic N) is 3. The lowest BCUT2D eigenvalue weighted by atomic mass is 9.91. The highest BCUT2D eigenvalue weighted by Gasteiger charge is 2.21. The molecule has 0 bridgehead atoms. The van der Waals surface area contributed by atoms with Crippen LogP contribution in [0.15, 0.2) is 12.7 Å². The third-order valence-electron chi connectivity index (χ3n) is 2.92. The Morgan fingerprint density at radius 1 is 1.31 bits per heavy atom. The van der Waals surface area contributed by atoms with Crippen LogP contribution >= 0.6 is 0 Å². The Balaban J connectivity index is 1.92. The van der Waals surface area contributed by atoms with Crippen molar-refractivity contribution in [1.82, 2.24) is 20.1 Å². The normalized spacial score (nSPS) is 29.0. The van der Waals surface area contributed by atoms with Gasteiger partial charge in [-0.05, 0) is 32.7 Å². The average molecular weight is 180 g/mol. The molecule has 1 heterocycles. The van der Waals surface area contributed by atoms with Crippen LogP contribution in [-0.4, -0.2) is 27.9 Å². The highest BCUT2D eigenvalue weighted by atomic mass is 15.3. The maximum atomic E-state index is 4.18. The molecule has 0 atom stereocenters. The molecule has 4 heteroatoms. The Kier molecular flexibility index (Phi) is 2.59. The van der Waals surface area contributed by atoms with E-state index in [9.17, 15) is 0 Å². The minimum Gasteiger partial charge on any atom is -0.317 e. The summed E-state index contributed by atoms with van der Waals surface area (Å²) < 4.78 is 1.99. The van der Waals surface area contributed by atoms with Crippen molar-refractivity contribution < 1.29 is 0 Å². The highest BCUT2D eigenvalue weighted by Crippen LogP contribution is 2.27. The molecule has 0 radical (unpaired) electrons. The van der Waals surface area contributed by atoms with E-state index in [0.29, 0.717) is 12.1 Å². The summed E-state index contributed by atoms with van der Waals surface area (Å²) >= 11 is 0. The first-order valence-corrected chi connectivity index (χ1v) is 4.91. The van der Waals surface area contributed by atoms with Crippen molar-refractivity contribution in [3.05, 3.63) is 12.7 Å². The van der Waals surface area contributed by atoms with Crippen LogP contribution in [0.5, 0.6) is 0 Å². The van der Waals surface area contributed by atoms with Crippen LogP contribution in [0.4, 0.5) is 0 Å². The molecule has 1 fully saturated rings. The van der Waals surface area contributed by atoms with Gasteiger partial charge < -0.3 is 5.32 Å². The lowest BCUT2D eigenvalue weighted by molar-refractivity contribution is 0.284. The predicted molar refractivity (Wildman–Crippen MR) is 50.4 cm³/mol. The van der Waals surface area contributed by atoms with Crippen LogP contribution in [0.3, 0.4) is 0 Å². The molecule has 13 heavy (non-hydrogen) atoms. The molecule has 1 aliphatic carbocycles. The summed E-state index contributed by atoms with van der Waals surface area (Å²) in [5.74, 6) is 0. The molecule has 1 aromatic heterocycles. The Morgan fingerprint density at radius 3 is 2.62 bits per heavy atom. The predicted octanol–water partition coefficient (Wildman–Crippen LogP) is 0.981. The monoisotopic (exact) mass is 180 g/mol. The molecule has 0 unspecified atom stereocenters. The van der Waals surface area contributed by atoms with E-state index < -0.39 is 0 Å². The molecule has 1 aromatic rings. The molecule has 0 aromatic carbocycles. The Bertz CT molecular complexity index is 236. The SMILES string of the molecule is CNC1CCC(n2cncn2)CC1. The molecule has 0 spiro atoms. The van der Waals surface area contributed by atoms with Crippen molar-refractivity contribution in [2.75, 3.05) is 7.05 Å². The van der Waals surface area contributed by atoms with Gasteiger partial charge in [0.2, 0.25) is 0 Å². The first-order chi connectivity index (χ1) is 6.40. The van der Waals surface area contributed by atoms with E-state index in [1.807, 2.05) is 18.1 Å². The number of hydrogen-bond acceptors (Lipinski definition) is 3. The van der Waals surface area contributed by atoms with Crippen LogP contribution in [0.1, 0.15) is 31.7 Å². The molecule has 1 saturated carbocycles. The summed E-state index contributed by atoms with van der Waals surface area (Å²) in [7, 11) is 2.04. The van der Waals surface area contributed by atoms with Gasteiger partial charge in [0.15, 0.2) is 0 Å². The summed E-state index contributed by atoms with van der Waals surface area (Å²) in [4.78, 5) is 3.97. The maximum absolute atomic E-state index is 4.18. The lowest BCUT2D eigenvalue weighted by Gasteiger charge is -2.27. The van der Waals surface area contributed by atoms with Gasteiger partial charge in [-0.2, -0.15) is 5.10 Å². The number of nitrogens with one attached hydrogen (secondary N) is 1. The van der Waals surface area contributed by atoms with E-state index in [4.69, 9.17) is 0 Å². The average Bonchev–Trinajstić information content (AvgIpc) is 2.71. The van der Waals surface area contributed by atoms with Crippen molar-refractivity contribution in [3.8, 4) is 0 Å². The maximum Gasteiger partial charge on any atom is 0.137 e. The third-order valence-corrected chi connectivity index (χ3v) is 2.92. The minimum absolute atomic E-state index is 0.576. The van der Waals surface area contributed by atoms with Crippen LogP contribution < -0.4 is 5.32 Å². The zero-order valence-corrected chi connectivity index (χ0v) is 7.98. The summed E-state index contributed by atoms with van der Waals surface area (Å²) in [6.07, 6.45) is 8.38. The quantitative estimate of drug-likeness (QED) is 0.737. The second-order valence-electron chi connectivity index (χ2n) is 3.67. The van der Waals surface area contributed by atoms with Crippen molar-refractivity contribution >= 4 is 0 Å². The molecular formula is C9H16N4. The molecule has 2 rings (SSSR count). The summed E-state index contributed by atoms with van der Waals surface area (Å²) in [5.41, 5.74) is 0. The Morgan fingerprint density at radius 2 is 2.08 bits per heavy atom. The molecule has 1 aliphatic rings. The zero-order chi connectivity index (χ0) is 9.10. The fraction of sp³-hybridized carbons (Fsp3) is 0.778. The summed E-state index contributed by atoms with van der Waals surface area (Å²) in [5, 5.41) is 7.50. The first-order valence-electron chi connectivity index (χ1n) is 4.91. The van der Waals surface area contributed by atoms with Gasteiger partial charge in [0.05, 0.1) is 6.04 Å². The van der Waals surface area contributed by atoms with Gasteiger partial charge in [-0.1, -0.05) is 0 Å². The van der Waals surface area contributed by atoms with Gasteiger partial charge in [-0.3, -0.25) is 0 Å². The standard InChI is InChI=1S/C9H16N4/c1-10-8-2-4-9(5-3-8)13-7-11-6-12-13/h6-10H,2-5H2,1H3. The topological polar surface area (TPSA) is 42.7 Å². The van der Waals surface area contributed by atoms with E-state index in [1.165, 1.54) is 25.7 Å².